The zero-order valence-electron chi connectivity index (χ0n) is 21.9. The first-order valence-electron chi connectivity index (χ1n) is 13.2. The Morgan fingerprint density at radius 1 is 0.897 bits per heavy atom. The van der Waals surface area contributed by atoms with Crippen LogP contribution in [0, 0.1) is 18.6 Å². The van der Waals surface area contributed by atoms with Crippen molar-refractivity contribution in [1.29, 1.82) is 0 Å². The van der Waals surface area contributed by atoms with Crippen molar-refractivity contribution < 1.29 is 8.78 Å². The quantitative estimate of drug-likeness (QED) is 0.375. The summed E-state index contributed by atoms with van der Waals surface area (Å²) in [5, 5.41) is 0. The summed E-state index contributed by atoms with van der Waals surface area (Å²) in [6.07, 6.45) is 1.84. The van der Waals surface area contributed by atoms with Gasteiger partial charge < -0.3 is 10.6 Å². The molecule has 6 nitrogen and oxygen atoms in total. The number of nitrogens with zero attached hydrogens (tertiary/aromatic N) is 3. The van der Waals surface area contributed by atoms with Crippen molar-refractivity contribution in [1.82, 2.24) is 9.13 Å². The Morgan fingerprint density at radius 2 is 1.54 bits per heavy atom. The summed E-state index contributed by atoms with van der Waals surface area (Å²) in [4.78, 5) is 29.7. The van der Waals surface area contributed by atoms with E-state index in [-0.39, 0.29) is 24.6 Å². The van der Waals surface area contributed by atoms with Gasteiger partial charge in [-0.05, 0) is 43.0 Å². The van der Waals surface area contributed by atoms with Gasteiger partial charge in [0.05, 0.1) is 13.1 Å². The van der Waals surface area contributed by atoms with Crippen LogP contribution < -0.4 is 21.9 Å². The summed E-state index contributed by atoms with van der Waals surface area (Å²) in [5.41, 5.74) is 7.83. The minimum atomic E-state index is -0.747. The van der Waals surface area contributed by atoms with E-state index in [1.165, 1.54) is 16.2 Å². The van der Waals surface area contributed by atoms with E-state index in [1.54, 1.807) is 6.92 Å². The molecule has 202 valence electrons. The fourth-order valence-electron chi connectivity index (χ4n) is 5.52. The fourth-order valence-corrected chi connectivity index (χ4v) is 5.52. The summed E-state index contributed by atoms with van der Waals surface area (Å²) >= 11 is 0. The predicted octanol–water partition coefficient (Wildman–Crippen LogP) is 4.73. The number of piperidine rings is 1. The highest BCUT2D eigenvalue weighted by Crippen LogP contribution is 2.30. The molecule has 8 heteroatoms. The van der Waals surface area contributed by atoms with Gasteiger partial charge in [-0.1, -0.05) is 66.7 Å². The molecule has 2 N–H and O–H groups in total. The number of hydrogen-bond acceptors (Lipinski definition) is 4. The van der Waals surface area contributed by atoms with Crippen molar-refractivity contribution in [2.24, 2.45) is 5.73 Å². The van der Waals surface area contributed by atoms with Crippen LogP contribution in [0.3, 0.4) is 0 Å². The molecule has 2 heterocycles. The smallest absolute Gasteiger partial charge is 0.331 e. The Hall–Kier alpha value is -4.04. The molecular formula is C31H32F2N4O2. The number of benzene rings is 3. The van der Waals surface area contributed by atoms with E-state index in [0.717, 1.165) is 35.1 Å². The number of hydrogen-bond donors (Lipinski definition) is 1. The molecule has 3 aromatic carbocycles. The average Bonchev–Trinajstić information content (AvgIpc) is 2.96. The van der Waals surface area contributed by atoms with E-state index in [2.05, 4.69) is 12.1 Å². The zero-order valence-corrected chi connectivity index (χ0v) is 21.9. The molecule has 5 rings (SSSR count). The Balaban J connectivity index is 1.62. The number of halogens is 2. The van der Waals surface area contributed by atoms with Crippen LogP contribution in [0.2, 0.25) is 0 Å². The van der Waals surface area contributed by atoms with Gasteiger partial charge in [0.25, 0.3) is 5.56 Å². The first-order chi connectivity index (χ1) is 18.8. The molecule has 1 aliphatic rings. The van der Waals surface area contributed by atoms with Crippen molar-refractivity contribution >= 4 is 5.69 Å². The number of aromatic nitrogens is 2. The topological polar surface area (TPSA) is 73.3 Å². The van der Waals surface area contributed by atoms with Crippen LogP contribution in [0.1, 0.15) is 47.2 Å². The van der Waals surface area contributed by atoms with E-state index < -0.39 is 28.9 Å². The van der Waals surface area contributed by atoms with E-state index >= 15 is 0 Å². The third-order valence-electron chi connectivity index (χ3n) is 7.65. The molecule has 1 fully saturated rings. The van der Waals surface area contributed by atoms with Crippen molar-refractivity contribution in [3.8, 4) is 0 Å². The van der Waals surface area contributed by atoms with E-state index in [0.29, 0.717) is 24.5 Å². The molecule has 0 saturated carbocycles. The molecule has 0 amide bonds. The van der Waals surface area contributed by atoms with Gasteiger partial charge in [-0.3, -0.25) is 13.9 Å². The Morgan fingerprint density at radius 3 is 2.21 bits per heavy atom. The third-order valence-corrected chi connectivity index (χ3v) is 7.65. The summed E-state index contributed by atoms with van der Waals surface area (Å²) in [6.45, 7) is 2.50. The predicted molar refractivity (Wildman–Crippen MR) is 149 cm³/mol. The number of rotatable bonds is 7. The van der Waals surface area contributed by atoms with Crippen molar-refractivity contribution in [3.05, 3.63) is 134 Å². The second-order valence-corrected chi connectivity index (χ2v) is 10.1. The molecule has 1 saturated heterocycles. The average molecular weight is 531 g/mol. The maximum absolute atomic E-state index is 14.7. The highest BCUT2D eigenvalue weighted by Gasteiger charge is 2.28. The molecule has 0 radical (unpaired) electrons. The first kappa shape index (κ1) is 26.6. The third kappa shape index (κ3) is 5.43. The highest BCUT2D eigenvalue weighted by molar-refractivity contribution is 5.50. The fraction of sp³-hybridized carbons (Fsp3) is 0.290. The summed E-state index contributed by atoms with van der Waals surface area (Å²) in [5.74, 6) is -1.28. The van der Waals surface area contributed by atoms with Gasteiger partial charge in [0, 0.05) is 36.3 Å². The van der Waals surface area contributed by atoms with Gasteiger partial charge in [0.2, 0.25) is 0 Å². The van der Waals surface area contributed by atoms with Crippen molar-refractivity contribution in [3.63, 3.8) is 0 Å². The lowest BCUT2D eigenvalue weighted by Gasteiger charge is -2.35. The van der Waals surface area contributed by atoms with Crippen LogP contribution in [0.15, 0.2) is 88.5 Å². The Bertz CT molecular complexity index is 1550. The molecule has 0 aliphatic carbocycles. The van der Waals surface area contributed by atoms with Gasteiger partial charge in [-0.15, -0.1) is 0 Å². The summed E-state index contributed by atoms with van der Waals surface area (Å²) < 4.78 is 31.7. The largest absolute Gasteiger partial charge is 0.365 e. The lowest BCUT2D eigenvalue weighted by molar-refractivity contribution is 0.477. The van der Waals surface area contributed by atoms with E-state index in [4.69, 9.17) is 5.73 Å². The molecule has 4 aromatic rings. The highest BCUT2D eigenvalue weighted by atomic mass is 19.1. The normalized spacial score (nSPS) is 16.3. The Labute approximate surface area is 225 Å². The van der Waals surface area contributed by atoms with E-state index in [9.17, 15) is 18.4 Å². The van der Waals surface area contributed by atoms with Crippen LogP contribution in [0.5, 0.6) is 0 Å². The molecule has 1 aromatic heterocycles. The van der Waals surface area contributed by atoms with E-state index in [1.807, 2.05) is 53.4 Å². The van der Waals surface area contributed by atoms with Gasteiger partial charge >= 0.3 is 5.69 Å². The maximum atomic E-state index is 14.7. The van der Waals surface area contributed by atoms with Gasteiger partial charge in [0.1, 0.15) is 17.3 Å². The van der Waals surface area contributed by atoms with Crippen molar-refractivity contribution in [2.45, 2.75) is 44.8 Å². The standard InChI is InChI=1S/C31H32F2N4O2/c1-21-29(35-17-9-14-24(18-35)22-10-4-2-5-11-22)30(38)37(20-28(34)23-12-6-3-7-13-23)31(39)36(21)19-25-26(32)15-8-16-27(25)33/h2-8,10-13,15-16,24,28H,9,14,17-20,34H2,1H3/t24?,28-/m1/s1. The second-order valence-electron chi connectivity index (χ2n) is 10.1. The SMILES string of the molecule is Cc1c(N2CCCC(c3ccccc3)C2)c(=O)n(C[C@@H](N)c2ccccc2)c(=O)n1Cc1c(F)cccc1F. The van der Waals surface area contributed by atoms with Crippen LogP contribution in [0.4, 0.5) is 14.5 Å². The van der Waals surface area contributed by atoms with Crippen molar-refractivity contribution in [2.75, 3.05) is 18.0 Å². The maximum Gasteiger partial charge on any atom is 0.331 e. The van der Waals surface area contributed by atoms with Gasteiger partial charge in [-0.2, -0.15) is 0 Å². The monoisotopic (exact) mass is 530 g/mol. The molecule has 39 heavy (non-hydrogen) atoms. The summed E-state index contributed by atoms with van der Waals surface area (Å²) in [6, 6.07) is 22.4. The number of nitrogens with two attached hydrogens (primary N) is 1. The van der Waals surface area contributed by atoms with Gasteiger partial charge in [-0.25, -0.2) is 13.6 Å². The molecule has 0 bridgehead atoms. The minimum Gasteiger partial charge on any atom is -0.365 e. The van der Waals surface area contributed by atoms with Gasteiger partial charge in [0.15, 0.2) is 0 Å². The number of anilines is 1. The second kappa shape index (κ2) is 11.4. The van der Waals surface area contributed by atoms with Crippen LogP contribution in [-0.2, 0) is 13.1 Å². The minimum absolute atomic E-state index is 0.0648. The van der Waals surface area contributed by atoms with Crippen LogP contribution in [-0.4, -0.2) is 22.2 Å². The first-order valence-corrected chi connectivity index (χ1v) is 13.2. The Kier molecular flexibility index (Phi) is 7.74. The lowest BCUT2D eigenvalue weighted by atomic mass is 9.90. The molecule has 1 unspecified atom stereocenters. The lowest BCUT2D eigenvalue weighted by Crippen LogP contribution is -2.48. The molecule has 1 aliphatic heterocycles. The molecular weight excluding hydrogens is 498 g/mol. The van der Waals surface area contributed by atoms with Crippen LogP contribution >= 0.6 is 0 Å². The zero-order chi connectivity index (χ0) is 27.5. The molecule has 2 atom stereocenters. The summed E-state index contributed by atoms with van der Waals surface area (Å²) in [7, 11) is 0. The molecule has 0 spiro atoms. The van der Waals surface area contributed by atoms with Crippen LogP contribution in [0.25, 0.3) is 0 Å².